The molecule has 2 nitrogen and oxygen atoms in total. The predicted molar refractivity (Wildman–Crippen MR) is 81.2 cm³/mol. The summed E-state index contributed by atoms with van der Waals surface area (Å²) in [6, 6.07) is 6.59. The molecule has 2 heteroatoms. The van der Waals surface area contributed by atoms with Crippen molar-refractivity contribution in [2.75, 3.05) is 11.9 Å². The molecule has 3 N–H and O–H groups in total. The second-order valence-electron chi connectivity index (χ2n) is 5.68. The summed E-state index contributed by atoms with van der Waals surface area (Å²) in [4.78, 5) is 0. The van der Waals surface area contributed by atoms with E-state index in [9.17, 15) is 0 Å². The molecule has 0 heterocycles. The van der Waals surface area contributed by atoms with Crippen LogP contribution in [0.15, 0.2) is 18.2 Å². The molecule has 0 fully saturated rings. The van der Waals surface area contributed by atoms with Crippen LogP contribution in [0.4, 0.5) is 5.69 Å². The minimum absolute atomic E-state index is 0.0560. The van der Waals surface area contributed by atoms with Crippen LogP contribution in [-0.2, 0) is 12.8 Å². The Hall–Kier alpha value is -1.02. The van der Waals surface area contributed by atoms with Crippen molar-refractivity contribution in [1.82, 2.24) is 0 Å². The number of rotatable bonds is 7. The van der Waals surface area contributed by atoms with E-state index < -0.39 is 0 Å². The van der Waals surface area contributed by atoms with Crippen molar-refractivity contribution in [2.45, 2.75) is 58.9 Å². The van der Waals surface area contributed by atoms with Crippen molar-refractivity contribution in [3.05, 3.63) is 29.3 Å². The number of para-hydroxylation sites is 1. The lowest BCUT2D eigenvalue weighted by Crippen LogP contribution is -2.32. The third-order valence-corrected chi connectivity index (χ3v) is 3.30. The molecule has 0 saturated heterocycles. The van der Waals surface area contributed by atoms with Gasteiger partial charge in [0, 0.05) is 17.8 Å². The quantitative estimate of drug-likeness (QED) is 0.721. The number of nitrogens with two attached hydrogens (primary N) is 1. The maximum absolute atomic E-state index is 6.00. The number of anilines is 1. The van der Waals surface area contributed by atoms with Crippen molar-refractivity contribution in [3.63, 3.8) is 0 Å². The van der Waals surface area contributed by atoms with Crippen molar-refractivity contribution in [3.8, 4) is 0 Å². The van der Waals surface area contributed by atoms with Crippen LogP contribution in [-0.4, -0.2) is 12.1 Å². The zero-order valence-corrected chi connectivity index (χ0v) is 12.3. The maximum Gasteiger partial charge on any atom is 0.0405 e. The van der Waals surface area contributed by atoms with Crippen LogP contribution in [0.25, 0.3) is 0 Å². The first-order valence-corrected chi connectivity index (χ1v) is 7.11. The van der Waals surface area contributed by atoms with E-state index in [1.165, 1.54) is 16.8 Å². The maximum atomic E-state index is 6.00. The summed E-state index contributed by atoms with van der Waals surface area (Å²) >= 11 is 0. The lowest BCUT2D eigenvalue weighted by Gasteiger charge is -2.20. The molecule has 0 spiro atoms. The van der Waals surface area contributed by atoms with E-state index in [0.717, 1.165) is 32.2 Å². The topological polar surface area (TPSA) is 38.0 Å². The molecule has 0 radical (unpaired) electrons. The number of hydrogen-bond donors (Lipinski definition) is 2. The highest BCUT2D eigenvalue weighted by Gasteiger charge is 2.10. The predicted octanol–water partition coefficient (Wildman–Crippen LogP) is 3.74. The zero-order chi connectivity index (χ0) is 13.6. The van der Waals surface area contributed by atoms with Crippen LogP contribution in [0, 0.1) is 0 Å². The van der Waals surface area contributed by atoms with Gasteiger partial charge in [0.2, 0.25) is 0 Å². The molecule has 1 rings (SSSR count). The van der Waals surface area contributed by atoms with Crippen LogP contribution in [0.5, 0.6) is 0 Å². The van der Waals surface area contributed by atoms with Gasteiger partial charge in [0.15, 0.2) is 0 Å². The number of hydrogen-bond acceptors (Lipinski definition) is 2. The first-order chi connectivity index (χ1) is 8.48. The third kappa shape index (κ3) is 4.69. The molecular formula is C16H28N2. The SMILES string of the molecule is CCc1cccc(CC)c1NCCCC(C)(C)N. The van der Waals surface area contributed by atoms with Gasteiger partial charge < -0.3 is 11.1 Å². The molecule has 0 aliphatic carbocycles. The van der Waals surface area contributed by atoms with Gasteiger partial charge in [0.05, 0.1) is 0 Å². The number of benzene rings is 1. The summed E-state index contributed by atoms with van der Waals surface area (Å²) in [5.74, 6) is 0. The highest BCUT2D eigenvalue weighted by Crippen LogP contribution is 2.22. The minimum Gasteiger partial charge on any atom is -0.385 e. The van der Waals surface area contributed by atoms with Crippen molar-refractivity contribution in [1.29, 1.82) is 0 Å². The average Bonchev–Trinajstić information content (AvgIpc) is 2.33. The first kappa shape index (κ1) is 15.0. The standard InChI is InChI=1S/C16H28N2/c1-5-13-9-7-10-14(6-2)15(13)18-12-8-11-16(3,4)17/h7,9-10,18H,5-6,8,11-12,17H2,1-4H3. The van der Waals surface area contributed by atoms with Crippen LogP contribution in [0.2, 0.25) is 0 Å². The third-order valence-electron chi connectivity index (χ3n) is 3.30. The Labute approximate surface area is 112 Å². The molecule has 0 atom stereocenters. The molecular weight excluding hydrogens is 220 g/mol. The molecule has 0 aromatic heterocycles. The monoisotopic (exact) mass is 248 g/mol. The molecule has 1 aromatic carbocycles. The van der Waals surface area contributed by atoms with Crippen LogP contribution in [0.1, 0.15) is 51.7 Å². The largest absolute Gasteiger partial charge is 0.385 e. The van der Waals surface area contributed by atoms with E-state index in [2.05, 4.69) is 51.2 Å². The van der Waals surface area contributed by atoms with Gasteiger partial charge in [-0.25, -0.2) is 0 Å². The fourth-order valence-corrected chi connectivity index (χ4v) is 2.23. The summed E-state index contributed by atoms with van der Waals surface area (Å²) < 4.78 is 0. The lowest BCUT2D eigenvalue weighted by atomic mass is 9.99. The van der Waals surface area contributed by atoms with Crippen molar-refractivity contribution < 1.29 is 0 Å². The number of aryl methyl sites for hydroxylation is 2. The van der Waals surface area contributed by atoms with E-state index in [1.54, 1.807) is 0 Å². The van der Waals surface area contributed by atoms with Gasteiger partial charge in [-0.05, 0) is 50.7 Å². The second-order valence-corrected chi connectivity index (χ2v) is 5.68. The molecule has 0 aliphatic rings. The molecule has 102 valence electrons. The van der Waals surface area contributed by atoms with Gasteiger partial charge in [-0.2, -0.15) is 0 Å². The molecule has 18 heavy (non-hydrogen) atoms. The van der Waals surface area contributed by atoms with Gasteiger partial charge in [-0.15, -0.1) is 0 Å². The van der Waals surface area contributed by atoms with Gasteiger partial charge in [0.1, 0.15) is 0 Å². The Morgan fingerprint density at radius 2 is 1.67 bits per heavy atom. The molecule has 0 bridgehead atoms. The van der Waals surface area contributed by atoms with E-state index in [-0.39, 0.29) is 5.54 Å². The molecule has 1 aromatic rings. The Morgan fingerprint density at radius 3 is 2.11 bits per heavy atom. The summed E-state index contributed by atoms with van der Waals surface area (Å²) in [5.41, 5.74) is 10.1. The van der Waals surface area contributed by atoms with Crippen LogP contribution in [0.3, 0.4) is 0 Å². The van der Waals surface area contributed by atoms with E-state index in [0.29, 0.717) is 0 Å². The second kappa shape index (κ2) is 6.79. The minimum atomic E-state index is -0.0560. The van der Waals surface area contributed by atoms with E-state index in [4.69, 9.17) is 5.73 Å². The van der Waals surface area contributed by atoms with Crippen molar-refractivity contribution in [2.24, 2.45) is 5.73 Å². The first-order valence-electron chi connectivity index (χ1n) is 7.11. The highest BCUT2D eigenvalue weighted by atomic mass is 14.9. The van der Waals surface area contributed by atoms with Gasteiger partial charge in [0.25, 0.3) is 0 Å². The normalized spacial score (nSPS) is 11.6. The molecule has 0 unspecified atom stereocenters. The van der Waals surface area contributed by atoms with Gasteiger partial charge in [-0.1, -0.05) is 32.0 Å². The lowest BCUT2D eigenvalue weighted by molar-refractivity contribution is 0.465. The van der Waals surface area contributed by atoms with E-state index in [1.807, 2.05) is 0 Å². The molecule has 0 saturated carbocycles. The Morgan fingerprint density at radius 1 is 1.11 bits per heavy atom. The van der Waals surface area contributed by atoms with Crippen LogP contribution < -0.4 is 11.1 Å². The fraction of sp³-hybridized carbons (Fsp3) is 0.625. The number of nitrogens with one attached hydrogen (secondary N) is 1. The van der Waals surface area contributed by atoms with Crippen molar-refractivity contribution >= 4 is 5.69 Å². The highest BCUT2D eigenvalue weighted by molar-refractivity contribution is 5.57. The summed E-state index contributed by atoms with van der Waals surface area (Å²) in [7, 11) is 0. The van der Waals surface area contributed by atoms with Gasteiger partial charge >= 0.3 is 0 Å². The summed E-state index contributed by atoms with van der Waals surface area (Å²) in [5, 5.41) is 3.60. The smallest absolute Gasteiger partial charge is 0.0405 e. The van der Waals surface area contributed by atoms with Gasteiger partial charge in [-0.3, -0.25) is 0 Å². The average molecular weight is 248 g/mol. The fourth-order valence-electron chi connectivity index (χ4n) is 2.23. The van der Waals surface area contributed by atoms with Crippen LogP contribution >= 0.6 is 0 Å². The van der Waals surface area contributed by atoms with E-state index >= 15 is 0 Å². The Kier molecular flexibility index (Phi) is 5.67. The molecule has 0 aliphatic heterocycles. The molecule has 0 amide bonds. The Balaban J connectivity index is 2.60. The zero-order valence-electron chi connectivity index (χ0n) is 12.3. The Bertz CT molecular complexity index is 342. The summed E-state index contributed by atoms with van der Waals surface area (Å²) in [6.45, 7) is 9.60. The summed E-state index contributed by atoms with van der Waals surface area (Å²) in [6.07, 6.45) is 4.33.